The number of rotatable bonds is 3. The lowest BCUT2D eigenvalue weighted by Crippen LogP contribution is -2.41. The lowest BCUT2D eigenvalue weighted by molar-refractivity contribution is -0.127. The Kier molecular flexibility index (Phi) is 5.34. The average molecular weight is 480 g/mol. The normalized spacial score (nSPS) is 22.9. The van der Waals surface area contributed by atoms with Crippen molar-refractivity contribution in [2.45, 2.75) is 45.0 Å². The lowest BCUT2D eigenvalue weighted by Gasteiger charge is -2.44. The fourth-order valence-corrected chi connectivity index (χ4v) is 5.10. The van der Waals surface area contributed by atoms with Gasteiger partial charge in [0.25, 0.3) is 0 Å². The Bertz CT molecular complexity index is 1360. The number of allylic oxidation sites excluding steroid dienone is 4. The first-order chi connectivity index (χ1) is 16.5. The van der Waals surface area contributed by atoms with Gasteiger partial charge in [0.15, 0.2) is 0 Å². The zero-order valence-electron chi connectivity index (χ0n) is 19.6. The van der Waals surface area contributed by atoms with Crippen molar-refractivity contribution in [3.8, 4) is 11.1 Å². The molecule has 0 saturated carbocycles. The number of nitrogens with one attached hydrogen (secondary N) is 1. The lowest BCUT2D eigenvalue weighted by atomic mass is 9.64. The van der Waals surface area contributed by atoms with Gasteiger partial charge in [0.1, 0.15) is 12.0 Å². The average Bonchev–Trinajstić information content (AvgIpc) is 2.81. The van der Waals surface area contributed by atoms with Crippen LogP contribution in [0.2, 0.25) is 0 Å². The van der Waals surface area contributed by atoms with Crippen molar-refractivity contribution >= 4 is 5.82 Å². The Morgan fingerprint density at radius 2 is 1.83 bits per heavy atom. The summed E-state index contributed by atoms with van der Waals surface area (Å²) in [6.45, 7) is 5.70. The zero-order chi connectivity index (χ0) is 25.0. The number of hydrogen-bond donors (Lipinski definition) is 1. The molecule has 0 bridgehead atoms. The highest BCUT2D eigenvalue weighted by molar-refractivity contribution is 5.73. The standard InChI is InChI=1S/C28H25F4N3/c1-26(2)11-9-21-23(24(26)29)35-25-22(8-5-12-34-25)27(21,3)19-7-4-6-17(14-19)20-10-13-33-16-18(20)15-28(30,31)32/h4-14,16,24H,15H2,1-3H3,(H,34,35). The van der Waals surface area contributed by atoms with Gasteiger partial charge in [0, 0.05) is 35.0 Å². The van der Waals surface area contributed by atoms with Crippen LogP contribution >= 0.6 is 0 Å². The first kappa shape index (κ1) is 23.3. The summed E-state index contributed by atoms with van der Waals surface area (Å²) < 4.78 is 55.4. The van der Waals surface area contributed by atoms with Gasteiger partial charge >= 0.3 is 6.18 Å². The van der Waals surface area contributed by atoms with Gasteiger partial charge in [-0.15, -0.1) is 0 Å². The minimum Gasteiger partial charge on any atom is -0.341 e. The van der Waals surface area contributed by atoms with E-state index in [1.165, 1.54) is 12.4 Å². The summed E-state index contributed by atoms with van der Waals surface area (Å²) in [5.41, 5.74) is 2.74. The van der Waals surface area contributed by atoms with E-state index in [1.54, 1.807) is 18.3 Å². The van der Waals surface area contributed by atoms with E-state index in [1.807, 2.05) is 63.3 Å². The van der Waals surface area contributed by atoms with E-state index in [0.29, 0.717) is 22.6 Å². The number of nitrogens with zero attached hydrogens (tertiary/aromatic N) is 2. The van der Waals surface area contributed by atoms with Crippen LogP contribution < -0.4 is 5.32 Å². The molecule has 3 aromatic rings. The van der Waals surface area contributed by atoms with Crippen molar-refractivity contribution in [3.05, 3.63) is 101 Å². The summed E-state index contributed by atoms with van der Waals surface area (Å²) >= 11 is 0. The maximum atomic E-state index is 15.7. The van der Waals surface area contributed by atoms with Crippen molar-refractivity contribution in [2.75, 3.05) is 5.32 Å². The van der Waals surface area contributed by atoms with E-state index < -0.39 is 29.6 Å². The fourth-order valence-electron chi connectivity index (χ4n) is 5.10. The Morgan fingerprint density at radius 3 is 2.60 bits per heavy atom. The molecule has 1 aromatic carbocycles. The van der Waals surface area contributed by atoms with Crippen LogP contribution in [0, 0.1) is 5.41 Å². The Balaban J connectivity index is 1.70. The Morgan fingerprint density at radius 1 is 1.03 bits per heavy atom. The van der Waals surface area contributed by atoms with Crippen molar-refractivity contribution < 1.29 is 17.6 Å². The molecule has 5 rings (SSSR count). The zero-order valence-corrected chi connectivity index (χ0v) is 19.6. The molecule has 1 aliphatic heterocycles. The molecule has 0 radical (unpaired) electrons. The first-order valence-electron chi connectivity index (χ1n) is 11.4. The summed E-state index contributed by atoms with van der Waals surface area (Å²) in [7, 11) is 0. The van der Waals surface area contributed by atoms with Crippen LogP contribution in [0.1, 0.15) is 37.5 Å². The molecule has 0 fully saturated rings. The summed E-state index contributed by atoms with van der Waals surface area (Å²) in [5, 5.41) is 3.22. The van der Waals surface area contributed by atoms with Crippen molar-refractivity contribution in [3.63, 3.8) is 0 Å². The maximum absolute atomic E-state index is 15.7. The van der Waals surface area contributed by atoms with Gasteiger partial charge in [0.2, 0.25) is 0 Å². The van der Waals surface area contributed by atoms with Crippen LogP contribution in [-0.2, 0) is 11.8 Å². The molecule has 2 atom stereocenters. The maximum Gasteiger partial charge on any atom is 0.393 e. The van der Waals surface area contributed by atoms with Gasteiger partial charge in [-0.2, -0.15) is 13.2 Å². The summed E-state index contributed by atoms with van der Waals surface area (Å²) in [6, 6.07) is 12.8. The third-order valence-electron chi connectivity index (χ3n) is 7.06. The molecule has 2 aromatic heterocycles. The largest absolute Gasteiger partial charge is 0.393 e. The molecule has 1 N–H and O–H groups in total. The van der Waals surface area contributed by atoms with Gasteiger partial charge in [-0.1, -0.05) is 50.3 Å². The van der Waals surface area contributed by atoms with E-state index in [4.69, 9.17) is 0 Å². The molecule has 35 heavy (non-hydrogen) atoms. The highest BCUT2D eigenvalue weighted by Gasteiger charge is 2.46. The van der Waals surface area contributed by atoms with E-state index in [9.17, 15) is 13.2 Å². The molecular weight excluding hydrogens is 454 g/mol. The number of hydrogen-bond acceptors (Lipinski definition) is 3. The van der Waals surface area contributed by atoms with E-state index in [-0.39, 0.29) is 5.56 Å². The number of benzene rings is 1. The summed E-state index contributed by atoms with van der Waals surface area (Å²) in [4.78, 5) is 8.39. The minimum absolute atomic E-state index is 0.109. The summed E-state index contributed by atoms with van der Waals surface area (Å²) in [6.07, 6.45) is 1.58. The molecule has 2 aliphatic rings. The number of alkyl halides is 4. The predicted octanol–water partition coefficient (Wildman–Crippen LogP) is 7.17. The monoisotopic (exact) mass is 479 g/mol. The molecule has 2 unspecified atom stereocenters. The van der Waals surface area contributed by atoms with Gasteiger partial charge in [-0.05, 0) is 52.9 Å². The van der Waals surface area contributed by atoms with Gasteiger partial charge in [-0.3, -0.25) is 4.98 Å². The van der Waals surface area contributed by atoms with E-state index >= 15 is 4.39 Å². The highest BCUT2D eigenvalue weighted by Crippen LogP contribution is 2.51. The second-order valence-electron chi connectivity index (χ2n) is 9.90. The van der Waals surface area contributed by atoms with Crippen LogP contribution in [0.15, 0.2) is 84.5 Å². The van der Waals surface area contributed by atoms with Crippen molar-refractivity contribution in [1.29, 1.82) is 0 Å². The third-order valence-corrected chi connectivity index (χ3v) is 7.06. The molecule has 0 amide bonds. The number of anilines is 1. The quantitative estimate of drug-likeness (QED) is 0.405. The predicted molar refractivity (Wildman–Crippen MR) is 129 cm³/mol. The summed E-state index contributed by atoms with van der Waals surface area (Å²) in [5.74, 6) is 0.578. The van der Waals surface area contributed by atoms with Crippen molar-refractivity contribution in [2.24, 2.45) is 5.41 Å². The van der Waals surface area contributed by atoms with Crippen LogP contribution in [-0.4, -0.2) is 22.3 Å². The highest BCUT2D eigenvalue weighted by atomic mass is 19.4. The molecule has 7 heteroatoms. The Labute approximate surface area is 201 Å². The van der Waals surface area contributed by atoms with Crippen LogP contribution in [0.4, 0.5) is 23.4 Å². The van der Waals surface area contributed by atoms with E-state index in [2.05, 4.69) is 15.3 Å². The molecule has 3 nitrogen and oxygen atoms in total. The second kappa shape index (κ2) is 8.04. The van der Waals surface area contributed by atoms with E-state index in [0.717, 1.165) is 16.7 Å². The molecule has 180 valence electrons. The SMILES string of the molecule is CC1(c2cccc(-c3ccncc3CC(F)(F)F)c2)C2=C(Nc3ncccc31)C(F)C(C)(C)C=C2. The molecule has 0 spiro atoms. The topological polar surface area (TPSA) is 37.8 Å². The minimum atomic E-state index is -4.35. The third kappa shape index (κ3) is 3.93. The van der Waals surface area contributed by atoms with Crippen LogP contribution in [0.25, 0.3) is 11.1 Å². The van der Waals surface area contributed by atoms with Crippen LogP contribution in [0.5, 0.6) is 0 Å². The first-order valence-corrected chi connectivity index (χ1v) is 11.4. The van der Waals surface area contributed by atoms with Crippen molar-refractivity contribution in [1.82, 2.24) is 9.97 Å². The van der Waals surface area contributed by atoms with Crippen LogP contribution in [0.3, 0.4) is 0 Å². The number of aromatic nitrogens is 2. The number of pyridine rings is 2. The number of halogens is 4. The van der Waals surface area contributed by atoms with Gasteiger partial charge in [-0.25, -0.2) is 9.37 Å². The molecular formula is C28H25F4N3. The molecule has 1 aliphatic carbocycles. The molecule has 0 saturated heterocycles. The smallest absolute Gasteiger partial charge is 0.341 e. The van der Waals surface area contributed by atoms with Gasteiger partial charge in [0.05, 0.1) is 12.1 Å². The van der Waals surface area contributed by atoms with Gasteiger partial charge < -0.3 is 5.32 Å². The Hall–Kier alpha value is -3.48. The second-order valence-corrected chi connectivity index (χ2v) is 9.90. The molecule has 3 heterocycles. The fraction of sp³-hybridized carbons (Fsp3) is 0.286. The number of fused-ring (bicyclic) bond motifs is 1.